The van der Waals surface area contributed by atoms with Crippen LogP contribution in [0.5, 0.6) is 0 Å². The quantitative estimate of drug-likeness (QED) is 0.174. The van der Waals surface area contributed by atoms with Crippen LogP contribution in [0.1, 0.15) is 44.1 Å². The summed E-state index contributed by atoms with van der Waals surface area (Å²) in [5, 5.41) is 0. The molecular formula is C43H35N5. The summed E-state index contributed by atoms with van der Waals surface area (Å²) >= 11 is 0. The molecule has 4 aliphatic carbocycles. The molecule has 4 fully saturated rings. The Kier molecular flexibility index (Phi) is 6.97. The molecule has 5 nitrogen and oxygen atoms in total. The van der Waals surface area contributed by atoms with Gasteiger partial charge in [0.15, 0.2) is 23.2 Å². The maximum Gasteiger partial charge on any atom is 0.187 e. The highest BCUT2D eigenvalue weighted by atomic mass is 15.0. The fourth-order valence-corrected chi connectivity index (χ4v) is 9.08. The first-order chi connectivity index (χ1) is 23.6. The van der Waals surface area contributed by atoms with E-state index in [-0.39, 0.29) is 0 Å². The molecular weight excluding hydrogens is 587 g/mol. The minimum absolute atomic E-state index is 0.319. The molecule has 0 atom stereocenters. The van der Waals surface area contributed by atoms with Crippen LogP contribution in [0.25, 0.3) is 61.4 Å². The summed E-state index contributed by atoms with van der Waals surface area (Å²) in [6.07, 6.45) is 10.5. The van der Waals surface area contributed by atoms with E-state index in [0.29, 0.717) is 28.6 Å². The third-order valence-electron chi connectivity index (χ3n) is 10.9. The fraction of sp³-hybridized carbons (Fsp3) is 0.233. The molecule has 6 aromatic rings. The second-order valence-electron chi connectivity index (χ2n) is 14.1. The lowest BCUT2D eigenvalue weighted by molar-refractivity contribution is -0.00532. The Labute approximate surface area is 281 Å². The van der Waals surface area contributed by atoms with Gasteiger partial charge in [0.2, 0.25) is 0 Å². The van der Waals surface area contributed by atoms with Crippen molar-refractivity contribution in [2.45, 2.75) is 43.9 Å². The Balaban J connectivity index is 1.16. The van der Waals surface area contributed by atoms with Crippen molar-refractivity contribution < 1.29 is 0 Å². The molecule has 0 radical (unpaired) electrons. The summed E-state index contributed by atoms with van der Waals surface area (Å²) in [6, 6.07) is 39.1. The molecule has 4 saturated carbocycles. The third-order valence-corrected chi connectivity index (χ3v) is 10.9. The molecule has 0 spiro atoms. The molecule has 48 heavy (non-hydrogen) atoms. The molecule has 232 valence electrons. The van der Waals surface area contributed by atoms with E-state index in [9.17, 15) is 0 Å². The minimum Gasteiger partial charge on any atom is -0.256 e. The predicted octanol–water partition coefficient (Wildman–Crippen LogP) is 10.6. The normalized spacial score (nSPS) is 22.4. The van der Waals surface area contributed by atoms with Crippen molar-refractivity contribution in [3.63, 3.8) is 0 Å². The molecule has 0 N–H and O–H groups in total. The van der Waals surface area contributed by atoms with Crippen LogP contribution in [-0.4, -0.2) is 19.9 Å². The minimum atomic E-state index is 0.319. The Hall–Kier alpha value is -5.47. The van der Waals surface area contributed by atoms with Gasteiger partial charge in [-0.15, -0.1) is 0 Å². The van der Waals surface area contributed by atoms with E-state index in [1.165, 1.54) is 44.1 Å². The second kappa shape index (κ2) is 11.6. The van der Waals surface area contributed by atoms with Gasteiger partial charge < -0.3 is 0 Å². The van der Waals surface area contributed by atoms with Crippen molar-refractivity contribution >= 4 is 5.69 Å². The van der Waals surface area contributed by atoms with Crippen molar-refractivity contribution in [1.29, 1.82) is 0 Å². The lowest BCUT2D eigenvalue weighted by atomic mass is 9.48. The predicted molar refractivity (Wildman–Crippen MR) is 191 cm³/mol. The van der Waals surface area contributed by atoms with Crippen LogP contribution in [0, 0.1) is 24.3 Å². The molecule has 4 aliphatic rings. The van der Waals surface area contributed by atoms with Crippen molar-refractivity contribution in [2.75, 3.05) is 0 Å². The van der Waals surface area contributed by atoms with Gasteiger partial charge in [-0.1, -0.05) is 91.0 Å². The van der Waals surface area contributed by atoms with Crippen LogP contribution in [0.2, 0.25) is 0 Å². The molecule has 0 aliphatic heterocycles. The van der Waals surface area contributed by atoms with E-state index in [4.69, 9.17) is 26.5 Å². The van der Waals surface area contributed by atoms with Crippen LogP contribution in [0.3, 0.4) is 0 Å². The highest BCUT2D eigenvalue weighted by Gasteiger charge is 2.51. The van der Waals surface area contributed by atoms with Gasteiger partial charge in [0.25, 0.3) is 0 Å². The van der Waals surface area contributed by atoms with Crippen molar-refractivity contribution in [3.05, 3.63) is 138 Å². The van der Waals surface area contributed by atoms with Gasteiger partial charge >= 0.3 is 0 Å². The molecule has 2 aromatic heterocycles. The molecule has 4 bridgehead atoms. The van der Waals surface area contributed by atoms with E-state index in [0.717, 1.165) is 56.8 Å². The monoisotopic (exact) mass is 621 g/mol. The Morgan fingerprint density at radius 3 is 1.60 bits per heavy atom. The van der Waals surface area contributed by atoms with E-state index in [2.05, 4.69) is 65.6 Å². The fourth-order valence-electron chi connectivity index (χ4n) is 9.08. The zero-order valence-corrected chi connectivity index (χ0v) is 26.8. The zero-order valence-electron chi connectivity index (χ0n) is 26.8. The van der Waals surface area contributed by atoms with Crippen LogP contribution in [-0.2, 0) is 5.41 Å². The van der Waals surface area contributed by atoms with Gasteiger partial charge in [-0.3, -0.25) is 4.98 Å². The first kappa shape index (κ1) is 28.7. The number of hydrogen-bond acceptors (Lipinski definition) is 4. The van der Waals surface area contributed by atoms with Gasteiger partial charge in [0, 0.05) is 28.5 Å². The van der Waals surface area contributed by atoms with Crippen LogP contribution in [0.4, 0.5) is 5.69 Å². The molecule has 5 heteroatoms. The molecule has 2 heterocycles. The standard InChI is InChI=1S/C43H35N5/c1-44-38-15-12-33(13-16-38)41-46-40(32-10-6-3-7-11-32)47-42(48-41)36-22-34(31-8-4-2-5-9-31)21-35(23-36)39-17-14-37(27-45-39)43-24-28-18-29(25-43)20-30(19-28)26-43/h2-17,21-23,27-30H,18-20,24-26H2. The summed E-state index contributed by atoms with van der Waals surface area (Å²) in [4.78, 5) is 23.6. The average Bonchev–Trinajstić information content (AvgIpc) is 3.15. The average molecular weight is 622 g/mol. The molecule has 0 amide bonds. The summed E-state index contributed by atoms with van der Waals surface area (Å²) in [5.74, 6) is 4.47. The lowest BCUT2D eigenvalue weighted by Gasteiger charge is -2.57. The van der Waals surface area contributed by atoms with Gasteiger partial charge in [-0.05, 0) is 103 Å². The molecule has 4 aromatic carbocycles. The van der Waals surface area contributed by atoms with Crippen LogP contribution >= 0.6 is 0 Å². The van der Waals surface area contributed by atoms with E-state index >= 15 is 0 Å². The Bertz CT molecular complexity index is 2110. The summed E-state index contributed by atoms with van der Waals surface area (Å²) in [7, 11) is 0. The third kappa shape index (κ3) is 5.28. The van der Waals surface area contributed by atoms with E-state index in [1.807, 2.05) is 48.5 Å². The van der Waals surface area contributed by atoms with Gasteiger partial charge in [-0.2, -0.15) is 0 Å². The number of pyridine rings is 1. The zero-order chi connectivity index (χ0) is 32.1. The highest BCUT2D eigenvalue weighted by molar-refractivity contribution is 5.79. The van der Waals surface area contributed by atoms with E-state index < -0.39 is 0 Å². The maximum absolute atomic E-state index is 7.38. The number of hydrogen-bond donors (Lipinski definition) is 0. The summed E-state index contributed by atoms with van der Waals surface area (Å²) in [5.41, 5.74) is 9.19. The highest BCUT2D eigenvalue weighted by Crippen LogP contribution is 2.60. The maximum atomic E-state index is 7.38. The first-order valence-corrected chi connectivity index (χ1v) is 17.1. The topological polar surface area (TPSA) is 55.9 Å². The van der Waals surface area contributed by atoms with E-state index in [1.54, 1.807) is 12.1 Å². The largest absolute Gasteiger partial charge is 0.256 e. The second-order valence-corrected chi connectivity index (χ2v) is 14.1. The summed E-state index contributed by atoms with van der Waals surface area (Å²) in [6.45, 7) is 7.38. The van der Waals surface area contributed by atoms with Gasteiger partial charge in [-0.25, -0.2) is 19.8 Å². The SMILES string of the molecule is [C-]#[N+]c1ccc(-c2nc(-c3ccccc3)nc(-c3cc(-c4ccccc4)cc(-c4ccc(C56CC7CC(CC(C7)C5)C6)cn4)c3)n2)cc1. The summed E-state index contributed by atoms with van der Waals surface area (Å²) < 4.78 is 0. The molecule has 10 rings (SSSR count). The van der Waals surface area contributed by atoms with Crippen LogP contribution < -0.4 is 0 Å². The van der Waals surface area contributed by atoms with Crippen LogP contribution in [0.15, 0.2) is 121 Å². The van der Waals surface area contributed by atoms with Crippen molar-refractivity contribution in [2.24, 2.45) is 17.8 Å². The molecule has 0 unspecified atom stereocenters. The first-order valence-electron chi connectivity index (χ1n) is 17.1. The van der Waals surface area contributed by atoms with Crippen molar-refractivity contribution in [1.82, 2.24) is 19.9 Å². The Morgan fingerprint density at radius 1 is 0.521 bits per heavy atom. The van der Waals surface area contributed by atoms with Crippen molar-refractivity contribution in [3.8, 4) is 56.5 Å². The molecule has 0 saturated heterocycles. The smallest absolute Gasteiger partial charge is 0.187 e. The number of benzene rings is 4. The number of rotatable bonds is 6. The van der Waals surface area contributed by atoms with Gasteiger partial charge in [0.05, 0.1) is 12.3 Å². The number of aromatic nitrogens is 4. The lowest BCUT2D eigenvalue weighted by Crippen LogP contribution is -2.48. The van der Waals surface area contributed by atoms with Gasteiger partial charge in [0.1, 0.15) is 0 Å². The Morgan fingerprint density at radius 2 is 1.04 bits per heavy atom. The number of nitrogens with zero attached hydrogens (tertiary/aromatic N) is 5.